The number of aliphatic imine (C=N–C) groups is 2. The van der Waals surface area contributed by atoms with Crippen LogP contribution in [0.2, 0.25) is 0 Å². The molecule has 1 fully saturated rings. The van der Waals surface area contributed by atoms with Gasteiger partial charge in [-0.15, -0.1) is 0 Å². The molecule has 180 valence electrons. The summed E-state index contributed by atoms with van der Waals surface area (Å²) in [7, 11) is 0. The van der Waals surface area contributed by atoms with Gasteiger partial charge in [0.15, 0.2) is 0 Å². The van der Waals surface area contributed by atoms with E-state index >= 15 is 0 Å². The van der Waals surface area contributed by atoms with Gasteiger partial charge in [-0.1, -0.05) is 6.08 Å². The second-order valence-electron chi connectivity index (χ2n) is 8.03. The van der Waals surface area contributed by atoms with Gasteiger partial charge in [0, 0.05) is 41.5 Å². The topological polar surface area (TPSA) is 107 Å². The Balaban J connectivity index is 1.76. The van der Waals surface area contributed by atoms with Crippen LogP contribution < -0.4 is 11.5 Å². The fourth-order valence-electron chi connectivity index (χ4n) is 4.09. The SMILES string of the molecule is C\C=C/N=C\C(=C/N)C(=O)N=CC1CCC(c2c(F)ccc3nc(C(F)(F)F)cc(N)c23)CC1. The van der Waals surface area contributed by atoms with E-state index in [-0.39, 0.29) is 39.6 Å². The Morgan fingerprint density at radius 1 is 1.21 bits per heavy atom. The first kappa shape index (κ1) is 25.1. The number of nitrogens with two attached hydrogens (primary N) is 2. The summed E-state index contributed by atoms with van der Waals surface area (Å²) in [6.07, 6.45) is 4.96. The quantitative estimate of drug-likeness (QED) is 0.348. The molecule has 1 aliphatic rings. The number of nitrogens with zero attached hydrogens (tertiary/aromatic N) is 3. The number of aromatic nitrogens is 1. The van der Waals surface area contributed by atoms with Crippen LogP contribution in [0.1, 0.15) is 49.8 Å². The van der Waals surface area contributed by atoms with Crippen molar-refractivity contribution in [3.05, 3.63) is 59.3 Å². The van der Waals surface area contributed by atoms with Gasteiger partial charge in [0.25, 0.3) is 5.91 Å². The fourth-order valence-corrected chi connectivity index (χ4v) is 4.09. The molecule has 6 nitrogen and oxygen atoms in total. The van der Waals surface area contributed by atoms with Gasteiger partial charge < -0.3 is 11.5 Å². The van der Waals surface area contributed by atoms with E-state index in [1.54, 1.807) is 19.2 Å². The van der Waals surface area contributed by atoms with E-state index in [4.69, 9.17) is 11.5 Å². The van der Waals surface area contributed by atoms with E-state index in [1.807, 2.05) is 0 Å². The molecule has 0 saturated heterocycles. The van der Waals surface area contributed by atoms with Crippen LogP contribution in [0.15, 0.2) is 52.2 Å². The van der Waals surface area contributed by atoms with Crippen molar-refractivity contribution >= 4 is 34.9 Å². The Morgan fingerprint density at radius 3 is 2.53 bits per heavy atom. The van der Waals surface area contributed by atoms with Gasteiger partial charge in [-0.2, -0.15) is 13.2 Å². The summed E-state index contributed by atoms with van der Waals surface area (Å²) in [6.45, 7) is 1.79. The highest BCUT2D eigenvalue weighted by Crippen LogP contribution is 2.42. The summed E-state index contributed by atoms with van der Waals surface area (Å²) in [4.78, 5) is 23.8. The van der Waals surface area contributed by atoms with Gasteiger partial charge in [0.2, 0.25) is 0 Å². The van der Waals surface area contributed by atoms with Crippen molar-refractivity contribution < 1.29 is 22.4 Å². The second kappa shape index (κ2) is 10.6. The van der Waals surface area contributed by atoms with Gasteiger partial charge in [0.05, 0.1) is 11.1 Å². The Hall–Kier alpha value is -3.56. The van der Waals surface area contributed by atoms with Gasteiger partial charge in [-0.05, 0) is 62.6 Å². The molecule has 0 atom stereocenters. The molecular weight excluding hydrogens is 450 g/mol. The van der Waals surface area contributed by atoms with E-state index in [0.29, 0.717) is 25.7 Å². The van der Waals surface area contributed by atoms with Gasteiger partial charge in [-0.3, -0.25) is 9.79 Å². The highest BCUT2D eigenvalue weighted by atomic mass is 19.4. The van der Waals surface area contributed by atoms with Crippen molar-refractivity contribution in [1.29, 1.82) is 0 Å². The lowest BCUT2D eigenvalue weighted by atomic mass is 9.77. The highest BCUT2D eigenvalue weighted by molar-refractivity contribution is 6.14. The molecule has 34 heavy (non-hydrogen) atoms. The standard InChI is InChI=1S/C24H25F4N5O/c1-2-9-31-13-16(11-29)23(34)32-12-14-3-5-15(6-4-14)21-17(25)7-8-19-22(21)18(30)10-20(33-19)24(26,27)28/h2,7-15H,3-6,29H2,1H3,(H2,30,33)/b9-2-,16-11+,31-13-,32-12?. The van der Waals surface area contributed by atoms with E-state index in [0.717, 1.165) is 18.3 Å². The predicted molar refractivity (Wildman–Crippen MR) is 125 cm³/mol. The molecule has 0 spiro atoms. The maximum absolute atomic E-state index is 14.8. The number of fused-ring (bicyclic) bond motifs is 1. The first-order chi connectivity index (χ1) is 16.2. The molecule has 2 aromatic rings. The van der Waals surface area contributed by atoms with Crippen molar-refractivity contribution in [2.75, 3.05) is 5.73 Å². The van der Waals surface area contributed by atoms with Crippen molar-refractivity contribution in [1.82, 2.24) is 4.98 Å². The zero-order valence-electron chi connectivity index (χ0n) is 18.5. The van der Waals surface area contributed by atoms with Gasteiger partial charge >= 0.3 is 6.18 Å². The molecule has 0 unspecified atom stereocenters. The number of nitrogen functional groups attached to an aromatic ring is 1. The Bertz CT molecular complexity index is 1180. The van der Waals surface area contributed by atoms with Crippen molar-refractivity contribution in [2.24, 2.45) is 21.6 Å². The monoisotopic (exact) mass is 475 g/mol. The number of anilines is 1. The number of pyridine rings is 1. The number of benzene rings is 1. The van der Waals surface area contributed by atoms with Crippen LogP contribution in [0.4, 0.5) is 23.2 Å². The molecule has 1 aromatic carbocycles. The molecule has 4 N–H and O–H groups in total. The summed E-state index contributed by atoms with van der Waals surface area (Å²) < 4.78 is 54.1. The Morgan fingerprint density at radius 2 is 1.91 bits per heavy atom. The number of hydrogen-bond donors (Lipinski definition) is 2. The summed E-state index contributed by atoms with van der Waals surface area (Å²) in [5, 5.41) is 0.221. The zero-order valence-corrected chi connectivity index (χ0v) is 18.5. The summed E-state index contributed by atoms with van der Waals surface area (Å²) in [6, 6.07) is 3.09. The average molecular weight is 475 g/mol. The van der Waals surface area contributed by atoms with Crippen molar-refractivity contribution in [3.8, 4) is 0 Å². The molecule has 0 bridgehead atoms. The molecule has 1 aromatic heterocycles. The minimum atomic E-state index is -4.65. The van der Waals surface area contributed by atoms with Crippen LogP contribution in [0.3, 0.4) is 0 Å². The molecule has 3 rings (SSSR count). The number of carbonyl (C=O) groups is 1. The third-order valence-corrected chi connectivity index (χ3v) is 5.74. The molecule has 1 heterocycles. The number of carbonyl (C=O) groups excluding carboxylic acids is 1. The Kier molecular flexibility index (Phi) is 7.80. The van der Waals surface area contributed by atoms with E-state index < -0.39 is 23.6 Å². The molecule has 1 amide bonds. The molecule has 10 heteroatoms. The van der Waals surface area contributed by atoms with Crippen LogP contribution >= 0.6 is 0 Å². The molecule has 0 aliphatic heterocycles. The van der Waals surface area contributed by atoms with Gasteiger partial charge in [-0.25, -0.2) is 14.4 Å². The minimum Gasteiger partial charge on any atom is -0.404 e. The maximum atomic E-state index is 14.8. The first-order valence-corrected chi connectivity index (χ1v) is 10.8. The van der Waals surface area contributed by atoms with E-state index in [9.17, 15) is 22.4 Å². The largest absolute Gasteiger partial charge is 0.433 e. The lowest BCUT2D eigenvalue weighted by molar-refractivity contribution is -0.140. The molecule has 1 saturated carbocycles. The maximum Gasteiger partial charge on any atom is 0.433 e. The van der Waals surface area contributed by atoms with Gasteiger partial charge in [0.1, 0.15) is 11.5 Å². The number of rotatable bonds is 5. The third kappa shape index (κ3) is 5.67. The average Bonchev–Trinajstić information content (AvgIpc) is 2.80. The van der Waals surface area contributed by atoms with Crippen LogP contribution in [-0.2, 0) is 11.0 Å². The number of alkyl halides is 3. The Labute approximate surface area is 194 Å². The van der Waals surface area contributed by atoms with Crippen molar-refractivity contribution in [2.45, 2.75) is 44.7 Å². The lowest BCUT2D eigenvalue weighted by Crippen LogP contribution is -2.17. The molecule has 1 aliphatic carbocycles. The minimum absolute atomic E-state index is 0.00274. The number of hydrogen-bond acceptors (Lipinski definition) is 5. The van der Waals surface area contributed by atoms with Crippen LogP contribution in [0, 0.1) is 11.7 Å². The smallest absolute Gasteiger partial charge is 0.404 e. The van der Waals surface area contributed by atoms with E-state index in [2.05, 4.69) is 15.0 Å². The normalized spacial score (nSPS) is 20.2. The van der Waals surface area contributed by atoms with Crippen molar-refractivity contribution in [3.63, 3.8) is 0 Å². The summed E-state index contributed by atoms with van der Waals surface area (Å²) >= 11 is 0. The summed E-state index contributed by atoms with van der Waals surface area (Å²) in [5.74, 6) is -1.28. The number of amides is 1. The van der Waals surface area contributed by atoms with Crippen LogP contribution in [-0.4, -0.2) is 23.3 Å². The van der Waals surface area contributed by atoms with Crippen LogP contribution in [0.5, 0.6) is 0 Å². The van der Waals surface area contributed by atoms with E-state index in [1.165, 1.54) is 18.5 Å². The lowest BCUT2D eigenvalue weighted by Gasteiger charge is -2.28. The number of halogens is 4. The molecular formula is C24H25F4N5O. The molecule has 0 radical (unpaired) electrons. The first-order valence-electron chi connectivity index (χ1n) is 10.8. The zero-order chi connectivity index (χ0) is 24.9. The van der Waals surface area contributed by atoms with Crippen LogP contribution in [0.25, 0.3) is 10.9 Å². The third-order valence-electron chi connectivity index (χ3n) is 5.74. The summed E-state index contributed by atoms with van der Waals surface area (Å²) in [5.41, 5.74) is 10.6. The predicted octanol–water partition coefficient (Wildman–Crippen LogP) is 5.29. The fraction of sp³-hybridized carbons (Fsp3) is 0.333. The second-order valence-corrected chi connectivity index (χ2v) is 8.03. The highest BCUT2D eigenvalue weighted by Gasteiger charge is 2.34. The number of allylic oxidation sites excluding steroid dienone is 1.